The van der Waals surface area contributed by atoms with E-state index in [1.165, 1.54) is 12.1 Å². The Morgan fingerprint density at radius 1 is 0.939 bits per heavy atom. The monoisotopic (exact) mass is 442 g/mol. The van der Waals surface area contributed by atoms with Gasteiger partial charge in [0.2, 0.25) is 17.6 Å². The molecule has 1 N–H and O–H groups in total. The van der Waals surface area contributed by atoms with Crippen LogP contribution in [0.25, 0.3) is 11.4 Å². The summed E-state index contributed by atoms with van der Waals surface area (Å²) >= 11 is 0. The van der Waals surface area contributed by atoms with Crippen molar-refractivity contribution in [3.8, 4) is 11.4 Å². The standard InChI is InChI=1S/C25H22N4O4/c30-23(16-11-18-7-3-1-4-8-18)26-22(17-19-9-5-2-6-10-19)25-27-24(28-33-25)20-12-14-21(15-13-20)29(31)32/h1-10,12-15,22H,11,16-17H2,(H,26,30)/t22-/m0/s1. The molecule has 0 fully saturated rings. The van der Waals surface area contributed by atoms with Gasteiger partial charge in [0, 0.05) is 30.5 Å². The van der Waals surface area contributed by atoms with Crippen molar-refractivity contribution in [3.63, 3.8) is 0 Å². The van der Waals surface area contributed by atoms with Crippen molar-refractivity contribution < 1.29 is 14.2 Å². The Morgan fingerprint density at radius 3 is 2.21 bits per heavy atom. The second kappa shape index (κ2) is 10.3. The lowest BCUT2D eigenvalue weighted by atomic mass is 10.0. The highest BCUT2D eigenvalue weighted by Crippen LogP contribution is 2.23. The summed E-state index contributed by atoms with van der Waals surface area (Å²) in [6, 6.07) is 24.9. The van der Waals surface area contributed by atoms with Crippen molar-refractivity contribution in [3.05, 3.63) is 112 Å². The Hall–Kier alpha value is -4.33. The molecule has 0 aliphatic rings. The van der Waals surface area contributed by atoms with Gasteiger partial charge in [0.1, 0.15) is 6.04 Å². The zero-order chi connectivity index (χ0) is 23.0. The lowest BCUT2D eigenvalue weighted by molar-refractivity contribution is -0.384. The number of amides is 1. The summed E-state index contributed by atoms with van der Waals surface area (Å²) in [4.78, 5) is 27.6. The molecular formula is C25H22N4O4. The van der Waals surface area contributed by atoms with Gasteiger partial charge in [-0.05, 0) is 29.7 Å². The molecule has 8 nitrogen and oxygen atoms in total. The Kier molecular flexibility index (Phi) is 6.84. The van der Waals surface area contributed by atoms with Crippen LogP contribution in [0.1, 0.15) is 29.5 Å². The lowest BCUT2D eigenvalue weighted by Gasteiger charge is -2.15. The molecule has 0 unspecified atom stereocenters. The van der Waals surface area contributed by atoms with Crippen LogP contribution in [0.4, 0.5) is 5.69 Å². The van der Waals surface area contributed by atoms with E-state index in [2.05, 4.69) is 15.5 Å². The average Bonchev–Trinajstić information content (AvgIpc) is 3.34. The van der Waals surface area contributed by atoms with E-state index in [0.717, 1.165) is 11.1 Å². The lowest BCUT2D eigenvalue weighted by Crippen LogP contribution is -2.30. The van der Waals surface area contributed by atoms with Crippen molar-refractivity contribution in [1.29, 1.82) is 0 Å². The maximum absolute atomic E-state index is 12.7. The first-order valence-corrected chi connectivity index (χ1v) is 10.5. The van der Waals surface area contributed by atoms with Crippen LogP contribution in [0.3, 0.4) is 0 Å². The normalized spacial score (nSPS) is 11.6. The van der Waals surface area contributed by atoms with Gasteiger partial charge in [0.15, 0.2) is 0 Å². The first kappa shape index (κ1) is 21.9. The zero-order valence-corrected chi connectivity index (χ0v) is 17.8. The molecule has 1 amide bonds. The third-order valence-corrected chi connectivity index (χ3v) is 5.18. The van der Waals surface area contributed by atoms with E-state index in [-0.39, 0.29) is 17.5 Å². The van der Waals surface area contributed by atoms with Gasteiger partial charge in [-0.3, -0.25) is 14.9 Å². The van der Waals surface area contributed by atoms with Crippen LogP contribution in [0.5, 0.6) is 0 Å². The van der Waals surface area contributed by atoms with Crippen LogP contribution in [-0.4, -0.2) is 21.0 Å². The number of nitrogens with one attached hydrogen (secondary N) is 1. The molecule has 0 radical (unpaired) electrons. The number of nitro groups is 1. The van der Waals surface area contributed by atoms with Crippen LogP contribution < -0.4 is 5.32 Å². The minimum Gasteiger partial charge on any atom is -0.344 e. The van der Waals surface area contributed by atoms with E-state index in [4.69, 9.17) is 4.52 Å². The molecule has 3 aromatic carbocycles. The van der Waals surface area contributed by atoms with E-state index in [9.17, 15) is 14.9 Å². The number of hydrogen-bond donors (Lipinski definition) is 1. The van der Waals surface area contributed by atoms with Crippen LogP contribution in [-0.2, 0) is 17.6 Å². The van der Waals surface area contributed by atoms with Gasteiger partial charge in [-0.25, -0.2) is 0 Å². The van der Waals surface area contributed by atoms with Crippen LogP contribution in [0.15, 0.2) is 89.5 Å². The number of aromatic nitrogens is 2. The number of carbonyl (C=O) groups excluding carboxylic acids is 1. The van der Waals surface area contributed by atoms with E-state index in [0.29, 0.717) is 30.7 Å². The summed E-state index contributed by atoms with van der Waals surface area (Å²) in [5.41, 5.74) is 2.67. The minimum atomic E-state index is -0.505. The summed E-state index contributed by atoms with van der Waals surface area (Å²) in [5, 5.41) is 17.9. The molecule has 1 aromatic heterocycles. The quantitative estimate of drug-likeness (QED) is 0.298. The van der Waals surface area contributed by atoms with Crippen molar-refractivity contribution in [2.24, 2.45) is 0 Å². The molecule has 1 atom stereocenters. The molecule has 0 bridgehead atoms. The fraction of sp³-hybridized carbons (Fsp3) is 0.160. The van der Waals surface area contributed by atoms with E-state index in [1.54, 1.807) is 12.1 Å². The van der Waals surface area contributed by atoms with Crippen LogP contribution >= 0.6 is 0 Å². The topological polar surface area (TPSA) is 111 Å². The maximum atomic E-state index is 12.7. The van der Waals surface area contributed by atoms with Crippen LogP contribution in [0.2, 0.25) is 0 Å². The molecule has 0 aliphatic carbocycles. The molecule has 8 heteroatoms. The highest BCUT2D eigenvalue weighted by molar-refractivity contribution is 5.76. The predicted octanol–water partition coefficient (Wildman–Crippen LogP) is 4.68. The molecule has 166 valence electrons. The van der Waals surface area contributed by atoms with E-state index in [1.807, 2.05) is 60.7 Å². The minimum absolute atomic E-state index is 0.0184. The fourth-order valence-electron chi connectivity index (χ4n) is 3.45. The summed E-state index contributed by atoms with van der Waals surface area (Å²) in [6.07, 6.45) is 1.45. The molecule has 0 aliphatic heterocycles. The molecule has 1 heterocycles. The van der Waals surface area contributed by atoms with Gasteiger partial charge in [0.05, 0.1) is 4.92 Å². The number of non-ortho nitro benzene ring substituents is 1. The number of aryl methyl sites for hydroxylation is 1. The largest absolute Gasteiger partial charge is 0.344 e. The van der Waals surface area contributed by atoms with Crippen LogP contribution in [0, 0.1) is 10.1 Å². The first-order valence-electron chi connectivity index (χ1n) is 10.5. The third kappa shape index (κ3) is 5.88. The predicted molar refractivity (Wildman–Crippen MR) is 122 cm³/mol. The summed E-state index contributed by atoms with van der Waals surface area (Å²) in [6.45, 7) is 0. The van der Waals surface area contributed by atoms with Gasteiger partial charge in [-0.2, -0.15) is 4.98 Å². The smallest absolute Gasteiger partial charge is 0.269 e. The zero-order valence-electron chi connectivity index (χ0n) is 17.8. The van der Waals surface area contributed by atoms with Crippen molar-refractivity contribution in [2.75, 3.05) is 0 Å². The number of rotatable bonds is 9. The summed E-state index contributed by atoms with van der Waals surface area (Å²) < 4.78 is 5.49. The maximum Gasteiger partial charge on any atom is 0.269 e. The SMILES string of the molecule is O=C(CCc1ccccc1)N[C@@H](Cc1ccccc1)c1nc(-c2ccc([N+](=O)[O-])cc2)no1. The fourth-order valence-corrected chi connectivity index (χ4v) is 3.45. The van der Waals surface area contributed by atoms with Gasteiger partial charge in [0.25, 0.3) is 5.69 Å². The first-order chi connectivity index (χ1) is 16.1. The Bertz CT molecular complexity index is 1210. The highest BCUT2D eigenvalue weighted by Gasteiger charge is 2.22. The van der Waals surface area contributed by atoms with Crippen molar-refractivity contribution in [1.82, 2.24) is 15.5 Å². The van der Waals surface area contributed by atoms with Crippen molar-refractivity contribution in [2.45, 2.75) is 25.3 Å². The molecular weight excluding hydrogens is 420 g/mol. The highest BCUT2D eigenvalue weighted by atomic mass is 16.6. The molecule has 4 rings (SSSR count). The molecule has 0 saturated heterocycles. The number of carbonyl (C=O) groups is 1. The second-order valence-corrected chi connectivity index (χ2v) is 7.56. The molecule has 4 aromatic rings. The van der Waals surface area contributed by atoms with Gasteiger partial charge in [-0.1, -0.05) is 65.8 Å². The van der Waals surface area contributed by atoms with E-state index >= 15 is 0 Å². The molecule has 33 heavy (non-hydrogen) atoms. The Balaban J connectivity index is 1.50. The van der Waals surface area contributed by atoms with Crippen molar-refractivity contribution >= 4 is 11.6 Å². The average molecular weight is 442 g/mol. The number of hydrogen-bond acceptors (Lipinski definition) is 6. The Morgan fingerprint density at radius 2 is 1.58 bits per heavy atom. The number of nitro benzene ring substituents is 1. The summed E-state index contributed by atoms with van der Waals surface area (Å²) in [7, 11) is 0. The van der Waals surface area contributed by atoms with Gasteiger partial charge >= 0.3 is 0 Å². The number of benzene rings is 3. The van der Waals surface area contributed by atoms with Gasteiger partial charge in [-0.15, -0.1) is 0 Å². The molecule has 0 saturated carbocycles. The summed E-state index contributed by atoms with van der Waals surface area (Å²) in [5.74, 6) is 0.464. The molecule has 0 spiro atoms. The van der Waals surface area contributed by atoms with E-state index < -0.39 is 11.0 Å². The van der Waals surface area contributed by atoms with Gasteiger partial charge < -0.3 is 9.84 Å². The third-order valence-electron chi connectivity index (χ3n) is 5.18. The Labute approximate surface area is 190 Å². The second-order valence-electron chi connectivity index (χ2n) is 7.56. The number of nitrogens with zero attached hydrogens (tertiary/aromatic N) is 3.